The first-order valence-corrected chi connectivity index (χ1v) is 6.86. The smallest absolute Gasteiger partial charge is 0.224 e. The van der Waals surface area contributed by atoms with E-state index in [1.54, 1.807) is 12.3 Å². The van der Waals surface area contributed by atoms with Gasteiger partial charge in [-0.05, 0) is 37.8 Å². The molecule has 2 aromatic heterocycles. The SMILES string of the molecule is OC1CCC(Oc2nc(Cl)cc3ncccc23)CC1. The van der Waals surface area contributed by atoms with E-state index in [9.17, 15) is 5.11 Å². The number of pyridine rings is 2. The maximum atomic E-state index is 9.51. The van der Waals surface area contributed by atoms with E-state index < -0.39 is 0 Å². The summed E-state index contributed by atoms with van der Waals surface area (Å²) in [5.74, 6) is 0.539. The van der Waals surface area contributed by atoms with Crippen molar-refractivity contribution in [3.63, 3.8) is 0 Å². The van der Waals surface area contributed by atoms with Gasteiger partial charge in [-0.25, -0.2) is 4.98 Å². The lowest BCUT2D eigenvalue weighted by atomic mass is 9.95. The summed E-state index contributed by atoms with van der Waals surface area (Å²) in [5, 5.41) is 10.8. The van der Waals surface area contributed by atoms with Crippen molar-refractivity contribution in [3.05, 3.63) is 29.5 Å². The molecule has 5 heteroatoms. The molecule has 1 fully saturated rings. The van der Waals surface area contributed by atoms with Crippen LogP contribution < -0.4 is 4.74 Å². The second-order valence-corrected chi connectivity index (χ2v) is 5.26. The van der Waals surface area contributed by atoms with Crippen LogP contribution in [0.4, 0.5) is 0 Å². The highest BCUT2D eigenvalue weighted by atomic mass is 35.5. The summed E-state index contributed by atoms with van der Waals surface area (Å²) < 4.78 is 5.95. The van der Waals surface area contributed by atoms with Crippen molar-refractivity contribution in [2.24, 2.45) is 0 Å². The van der Waals surface area contributed by atoms with Crippen LogP contribution in [-0.4, -0.2) is 27.3 Å². The number of hydrogen-bond donors (Lipinski definition) is 1. The molecule has 0 aliphatic heterocycles. The molecule has 0 unspecified atom stereocenters. The van der Waals surface area contributed by atoms with Gasteiger partial charge in [0.15, 0.2) is 0 Å². The van der Waals surface area contributed by atoms with Gasteiger partial charge in [-0.1, -0.05) is 11.6 Å². The first kappa shape index (κ1) is 12.6. The Bertz CT molecular complexity index is 583. The van der Waals surface area contributed by atoms with Crippen LogP contribution in [0.3, 0.4) is 0 Å². The molecule has 2 aromatic rings. The monoisotopic (exact) mass is 278 g/mol. The fourth-order valence-electron chi connectivity index (χ4n) is 2.43. The molecular weight excluding hydrogens is 264 g/mol. The quantitative estimate of drug-likeness (QED) is 0.858. The first-order valence-electron chi connectivity index (χ1n) is 6.48. The number of hydrogen-bond acceptors (Lipinski definition) is 4. The van der Waals surface area contributed by atoms with Crippen LogP contribution >= 0.6 is 11.6 Å². The maximum Gasteiger partial charge on any atom is 0.224 e. The van der Waals surface area contributed by atoms with E-state index in [1.165, 1.54) is 0 Å². The highest BCUT2D eigenvalue weighted by Gasteiger charge is 2.22. The Balaban J connectivity index is 1.88. The summed E-state index contributed by atoms with van der Waals surface area (Å²) in [7, 11) is 0. The third-order valence-electron chi connectivity index (χ3n) is 3.46. The van der Waals surface area contributed by atoms with Crippen molar-refractivity contribution in [1.29, 1.82) is 0 Å². The lowest BCUT2D eigenvalue weighted by Gasteiger charge is -2.26. The molecule has 1 aliphatic rings. The molecule has 0 aromatic carbocycles. The molecule has 0 atom stereocenters. The van der Waals surface area contributed by atoms with Crippen molar-refractivity contribution >= 4 is 22.5 Å². The standard InChI is InChI=1S/C14H15ClN2O2/c15-13-8-12-11(2-1-7-16-12)14(17-13)19-10-5-3-9(18)4-6-10/h1-2,7-10,18H,3-6H2. The van der Waals surface area contributed by atoms with Crippen LogP contribution in [-0.2, 0) is 0 Å². The number of nitrogens with zero attached hydrogens (tertiary/aromatic N) is 2. The largest absolute Gasteiger partial charge is 0.474 e. The summed E-state index contributed by atoms with van der Waals surface area (Å²) in [6, 6.07) is 5.52. The van der Waals surface area contributed by atoms with Crippen molar-refractivity contribution in [2.75, 3.05) is 0 Å². The molecule has 1 saturated carbocycles. The van der Waals surface area contributed by atoms with Gasteiger partial charge in [0, 0.05) is 12.3 Å². The third kappa shape index (κ3) is 2.80. The zero-order valence-corrected chi connectivity index (χ0v) is 11.2. The summed E-state index contributed by atoms with van der Waals surface area (Å²) in [6.07, 6.45) is 4.87. The Morgan fingerprint density at radius 1 is 1.26 bits per heavy atom. The Hall–Kier alpha value is -1.39. The summed E-state index contributed by atoms with van der Waals surface area (Å²) in [4.78, 5) is 8.52. The Labute approximate surface area is 116 Å². The average Bonchev–Trinajstić information content (AvgIpc) is 2.41. The van der Waals surface area contributed by atoms with Crippen molar-refractivity contribution in [1.82, 2.24) is 9.97 Å². The van der Waals surface area contributed by atoms with Gasteiger partial charge in [0.05, 0.1) is 17.0 Å². The predicted molar refractivity (Wildman–Crippen MR) is 73.4 cm³/mol. The highest BCUT2D eigenvalue weighted by molar-refractivity contribution is 6.30. The Kier molecular flexibility index (Phi) is 3.53. The molecule has 3 rings (SSSR count). The summed E-state index contributed by atoms with van der Waals surface area (Å²) >= 11 is 5.99. The van der Waals surface area contributed by atoms with Gasteiger partial charge in [0.25, 0.3) is 0 Å². The third-order valence-corrected chi connectivity index (χ3v) is 3.65. The molecule has 0 amide bonds. The zero-order valence-electron chi connectivity index (χ0n) is 10.4. The lowest BCUT2D eigenvalue weighted by Crippen LogP contribution is -2.26. The number of rotatable bonds is 2. The second kappa shape index (κ2) is 5.31. The van der Waals surface area contributed by atoms with Crippen LogP contribution in [0.5, 0.6) is 5.88 Å². The van der Waals surface area contributed by atoms with Gasteiger partial charge >= 0.3 is 0 Å². The van der Waals surface area contributed by atoms with Crippen LogP contribution in [0.1, 0.15) is 25.7 Å². The van der Waals surface area contributed by atoms with Crippen LogP contribution in [0.2, 0.25) is 5.15 Å². The molecule has 0 radical (unpaired) electrons. The van der Waals surface area contributed by atoms with Gasteiger partial charge in [-0.15, -0.1) is 0 Å². The fraction of sp³-hybridized carbons (Fsp3) is 0.429. The van der Waals surface area contributed by atoms with Gasteiger partial charge in [0.1, 0.15) is 11.3 Å². The fourth-order valence-corrected chi connectivity index (χ4v) is 2.61. The van der Waals surface area contributed by atoms with Crippen LogP contribution in [0, 0.1) is 0 Å². The number of halogens is 1. The topological polar surface area (TPSA) is 55.2 Å². The number of aliphatic hydroxyl groups excluding tert-OH is 1. The normalized spacial score (nSPS) is 23.5. The van der Waals surface area contributed by atoms with Crippen LogP contribution in [0.25, 0.3) is 10.9 Å². The van der Waals surface area contributed by atoms with E-state index >= 15 is 0 Å². The van der Waals surface area contributed by atoms with Gasteiger partial charge in [0.2, 0.25) is 5.88 Å². The molecule has 0 saturated heterocycles. The molecule has 1 N–H and O–H groups in total. The highest BCUT2D eigenvalue weighted by Crippen LogP contribution is 2.29. The Morgan fingerprint density at radius 2 is 2.05 bits per heavy atom. The molecule has 0 spiro atoms. The molecule has 19 heavy (non-hydrogen) atoms. The van der Waals surface area contributed by atoms with E-state index in [-0.39, 0.29) is 12.2 Å². The van der Waals surface area contributed by atoms with Crippen molar-refractivity contribution < 1.29 is 9.84 Å². The van der Waals surface area contributed by atoms with Crippen LogP contribution in [0.15, 0.2) is 24.4 Å². The predicted octanol–water partition coefficient (Wildman–Crippen LogP) is 2.97. The zero-order chi connectivity index (χ0) is 13.2. The lowest BCUT2D eigenvalue weighted by molar-refractivity contribution is 0.0652. The average molecular weight is 279 g/mol. The van der Waals surface area contributed by atoms with Gasteiger partial charge in [-0.3, -0.25) is 4.98 Å². The minimum absolute atomic E-state index is 0.0952. The molecule has 0 bridgehead atoms. The van der Waals surface area contributed by atoms with E-state index in [2.05, 4.69) is 9.97 Å². The summed E-state index contributed by atoms with van der Waals surface area (Å²) in [5.41, 5.74) is 0.786. The van der Waals surface area contributed by atoms with Gasteiger partial charge < -0.3 is 9.84 Å². The minimum atomic E-state index is -0.189. The number of fused-ring (bicyclic) bond motifs is 1. The second-order valence-electron chi connectivity index (χ2n) is 4.87. The molecule has 4 nitrogen and oxygen atoms in total. The molecule has 2 heterocycles. The Morgan fingerprint density at radius 3 is 2.84 bits per heavy atom. The van der Waals surface area contributed by atoms with E-state index in [0.717, 1.165) is 36.6 Å². The van der Waals surface area contributed by atoms with E-state index in [1.807, 2.05) is 12.1 Å². The molecule has 100 valence electrons. The maximum absolute atomic E-state index is 9.51. The number of aromatic nitrogens is 2. The summed E-state index contributed by atoms with van der Waals surface area (Å²) in [6.45, 7) is 0. The number of aliphatic hydroxyl groups is 1. The van der Waals surface area contributed by atoms with Crippen molar-refractivity contribution in [2.45, 2.75) is 37.9 Å². The minimum Gasteiger partial charge on any atom is -0.474 e. The van der Waals surface area contributed by atoms with E-state index in [4.69, 9.17) is 16.3 Å². The van der Waals surface area contributed by atoms with Gasteiger partial charge in [-0.2, -0.15) is 0 Å². The first-order chi connectivity index (χ1) is 9.22. The molecule has 1 aliphatic carbocycles. The molecular formula is C14H15ClN2O2. The van der Waals surface area contributed by atoms with E-state index in [0.29, 0.717) is 11.0 Å². The number of ether oxygens (including phenoxy) is 1. The van der Waals surface area contributed by atoms with Crippen molar-refractivity contribution in [3.8, 4) is 5.88 Å².